The molecule has 2 heterocycles. The van der Waals surface area contributed by atoms with E-state index in [-0.39, 0.29) is 0 Å². The third-order valence-electron chi connectivity index (χ3n) is 5.12. The van der Waals surface area contributed by atoms with E-state index >= 15 is 0 Å². The van der Waals surface area contributed by atoms with Crippen molar-refractivity contribution < 1.29 is 0 Å². The molecule has 1 aromatic carbocycles. The van der Waals surface area contributed by atoms with E-state index in [9.17, 15) is 0 Å². The van der Waals surface area contributed by atoms with Crippen LogP contribution in [0.3, 0.4) is 0 Å². The molecule has 0 bridgehead atoms. The zero-order valence-electron chi connectivity index (χ0n) is 17.0. The van der Waals surface area contributed by atoms with Crippen LogP contribution >= 0.6 is 11.3 Å². The molecular formula is C21H31N5S. The van der Waals surface area contributed by atoms with Gasteiger partial charge < -0.3 is 15.1 Å². The van der Waals surface area contributed by atoms with Gasteiger partial charge in [-0.3, -0.25) is 4.99 Å². The number of nitrogens with one attached hydrogen (secondary N) is 1. The van der Waals surface area contributed by atoms with Crippen LogP contribution in [-0.2, 0) is 13.1 Å². The lowest BCUT2D eigenvalue weighted by Crippen LogP contribution is -2.38. The number of aryl methyl sites for hydroxylation is 2. The molecule has 0 unspecified atom stereocenters. The van der Waals surface area contributed by atoms with Crippen LogP contribution < -0.4 is 10.2 Å². The van der Waals surface area contributed by atoms with Crippen molar-refractivity contribution in [2.75, 3.05) is 32.1 Å². The van der Waals surface area contributed by atoms with Crippen LogP contribution in [0.1, 0.15) is 40.4 Å². The Labute approximate surface area is 167 Å². The van der Waals surface area contributed by atoms with Crippen LogP contribution in [0.5, 0.6) is 0 Å². The molecule has 0 spiro atoms. The molecule has 2 aromatic rings. The molecule has 3 rings (SSSR count). The van der Waals surface area contributed by atoms with E-state index < -0.39 is 0 Å². The van der Waals surface area contributed by atoms with Gasteiger partial charge in [0, 0.05) is 44.3 Å². The number of guanidine groups is 1. The summed E-state index contributed by atoms with van der Waals surface area (Å²) in [6.45, 7) is 8.09. The van der Waals surface area contributed by atoms with Gasteiger partial charge in [0.25, 0.3) is 0 Å². The molecule has 1 aromatic heterocycles. The van der Waals surface area contributed by atoms with E-state index in [1.54, 1.807) is 11.3 Å². The topological polar surface area (TPSA) is 43.8 Å². The Morgan fingerprint density at radius 3 is 2.48 bits per heavy atom. The number of anilines is 1. The number of rotatable bonds is 5. The molecule has 0 amide bonds. The first kappa shape index (κ1) is 19.7. The molecule has 27 heavy (non-hydrogen) atoms. The van der Waals surface area contributed by atoms with E-state index in [2.05, 4.69) is 70.3 Å². The summed E-state index contributed by atoms with van der Waals surface area (Å²) in [6.07, 6.45) is 3.99. The molecule has 0 aliphatic carbocycles. The molecule has 1 saturated heterocycles. The first-order valence-corrected chi connectivity index (χ1v) is 10.6. The van der Waals surface area contributed by atoms with E-state index in [0.29, 0.717) is 6.54 Å². The van der Waals surface area contributed by atoms with Crippen LogP contribution in [0, 0.1) is 13.8 Å². The summed E-state index contributed by atoms with van der Waals surface area (Å²) in [7, 11) is 3.91. The maximum Gasteiger partial charge on any atom is 0.194 e. The third kappa shape index (κ3) is 5.22. The predicted molar refractivity (Wildman–Crippen MR) is 116 cm³/mol. The number of aromatic nitrogens is 1. The molecule has 0 radical (unpaired) electrons. The quantitative estimate of drug-likeness (QED) is 0.625. The van der Waals surface area contributed by atoms with Crippen molar-refractivity contribution in [3.63, 3.8) is 0 Å². The van der Waals surface area contributed by atoms with Crippen molar-refractivity contribution in [2.45, 2.75) is 46.2 Å². The average molecular weight is 386 g/mol. The van der Waals surface area contributed by atoms with Crippen molar-refractivity contribution in [2.24, 2.45) is 4.99 Å². The largest absolute Gasteiger partial charge is 0.372 e. The fourth-order valence-corrected chi connectivity index (χ4v) is 4.34. The predicted octanol–water partition coefficient (Wildman–Crippen LogP) is 3.96. The van der Waals surface area contributed by atoms with Gasteiger partial charge in [0.05, 0.1) is 12.2 Å². The van der Waals surface area contributed by atoms with Crippen molar-refractivity contribution in [3.8, 4) is 0 Å². The van der Waals surface area contributed by atoms with Gasteiger partial charge in [-0.05, 0) is 50.8 Å². The van der Waals surface area contributed by atoms with Crippen LogP contribution in [0.2, 0.25) is 0 Å². The van der Waals surface area contributed by atoms with Gasteiger partial charge in [0.2, 0.25) is 0 Å². The molecular weight excluding hydrogens is 354 g/mol. The Kier molecular flexibility index (Phi) is 6.72. The van der Waals surface area contributed by atoms with E-state index in [0.717, 1.165) is 23.2 Å². The van der Waals surface area contributed by atoms with Gasteiger partial charge >= 0.3 is 0 Å². The lowest BCUT2D eigenvalue weighted by atomic mass is 10.1. The average Bonchev–Trinajstić information content (AvgIpc) is 3.01. The monoisotopic (exact) mass is 385 g/mol. The van der Waals surface area contributed by atoms with E-state index in [4.69, 9.17) is 0 Å². The zero-order valence-corrected chi connectivity index (χ0v) is 17.8. The Bertz CT molecular complexity index is 740. The SMILES string of the molecule is CN=C(NCc1nc(C)c(C)s1)N(C)Cc1ccc(N2CCCCC2)cc1. The van der Waals surface area contributed by atoms with Gasteiger partial charge in [0.1, 0.15) is 5.01 Å². The number of hydrogen-bond donors (Lipinski definition) is 1. The minimum Gasteiger partial charge on any atom is -0.372 e. The van der Waals surface area contributed by atoms with Gasteiger partial charge in [0.15, 0.2) is 5.96 Å². The smallest absolute Gasteiger partial charge is 0.194 e. The molecule has 0 saturated carbocycles. The second-order valence-corrected chi connectivity index (χ2v) is 8.51. The minimum atomic E-state index is 0.713. The lowest BCUT2D eigenvalue weighted by Gasteiger charge is -2.29. The van der Waals surface area contributed by atoms with Crippen LogP contribution in [0.15, 0.2) is 29.3 Å². The Morgan fingerprint density at radius 1 is 1.19 bits per heavy atom. The normalized spacial score (nSPS) is 15.1. The van der Waals surface area contributed by atoms with Crippen LogP contribution in [0.4, 0.5) is 5.69 Å². The maximum absolute atomic E-state index is 4.59. The number of thiazole rings is 1. The molecule has 5 nitrogen and oxygen atoms in total. The van der Waals surface area contributed by atoms with Crippen molar-refractivity contribution >= 4 is 23.0 Å². The number of aliphatic imine (C=N–C) groups is 1. The molecule has 1 aliphatic heterocycles. The van der Waals surface area contributed by atoms with Gasteiger partial charge in [-0.15, -0.1) is 11.3 Å². The van der Waals surface area contributed by atoms with Crippen LogP contribution in [-0.4, -0.2) is 43.0 Å². The highest BCUT2D eigenvalue weighted by Gasteiger charge is 2.12. The summed E-state index contributed by atoms with van der Waals surface area (Å²) >= 11 is 1.75. The zero-order chi connectivity index (χ0) is 19.2. The summed E-state index contributed by atoms with van der Waals surface area (Å²) in [4.78, 5) is 14.9. The number of benzene rings is 1. The molecule has 1 N–H and O–H groups in total. The standard InChI is InChI=1S/C21H31N5S/c1-16-17(2)27-20(24-16)14-23-21(22-3)25(4)15-18-8-10-19(11-9-18)26-12-6-5-7-13-26/h8-11H,5-7,12-15H2,1-4H3,(H,22,23). The van der Waals surface area contributed by atoms with Crippen molar-refractivity contribution in [3.05, 3.63) is 45.4 Å². The van der Waals surface area contributed by atoms with E-state index in [1.165, 1.54) is 48.5 Å². The molecule has 6 heteroatoms. The third-order valence-corrected chi connectivity index (χ3v) is 6.19. The number of piperidine rings is 1. The second kappa shape index (κ2) is 9.22. The first-order valence-electron chi connectivity index (χ1n) is 9.75. The fraction of sp³-hybridized carbons (Fsp3) is 0.524. The maximum atomic E-state index is 4.59. The Morgan fingerprint density at radius 2 is 1.89 bits per heavy atom. The van der Waals surface area contributed by atoms with Gasteiger partial charge in [-0.1, -0.05) is 12.1 Å². The second-order valence-electron chi connectivity index (χ2n) is 7.22. The Hall–Kier alpha value is -2.08. The summed E-state index contributed by atoms with van der Waals surface area (Å²) in [5.41, 5.74) is 3.76. The molecule has 146 valence electrons. The molecule has 1 fully saturated rings. The highest BCUT2D eigenvalue weighted by atomic mass is 32.1. The lowest BCUT2D eigenvalue weighted by molar-refractivity contribution is 0.476. The van der Waals surface area contributed by atoms with Gasteiger partial charge in [-0.25, -0.2) is 4.98 Å². The summed E-state index contributed by atoms with van der Waals surface area (Å²) < 4.78 is 0. The van der Waals surface area contributed by atoms with Gasteiger partial charge in [-0.2, -0.15) is 0 Å². The Balaban J connectivity index is 1.55. The minimum absolute atomic E-state index is 0.713. The summed E-state index contributed by atoms with van der Waals surface area (Å²) in [6, 6.07) is 8.99. The number of nitrogens with zero attached hydrogens (tertiary/aromatic N) is 4. The summed E-state index contributed by atoms with van der Waals surface area (Å²) in [5, 5.41) is 4.53. The van der Waals surface area contributed by atoms with Crippen molar-refractivity contribution in [1.82, 2.24) is 15.2 Å². The molecule has 0 atom stereocenters. The van der Waals surface area contributed by atoms with Crippen molar-refractivity contribution in [1.29, 1.82) is 0 Å². The number of hydrogen-bond acceptors (Lipinski definition) is 4. The van der Waals surface area contributed by atoms with E-state index in [1.807, 2.05) is 7.05 Å². The first-order chi connectivity index (χ1) is 13.1. The summed E-state index contributed by atoms with van der Waals surface area (Å²) in [5.74, 6) is 0.889. The highest BCUT2D eigenvalue weighted by Crippen LogP contribution is 2.21. The van der Waals surface area contributed by atoms with Crippen LogP contribution in [0.25, 0.3) is 0 Å². The molecule has 1 aliphatic rings. The highest BCUT2D eigenvalue weighted by molar-refractivity contribution is 7.11. The fourth-order valence-electron chi connectivity index (χ4n) is 3.47.